The number of hydrogen-bond acceptors (Lipinski definition) is 5. The summed E-state index contributed by atoms with van der Waals surface area (Å²) in [5.74, 6) is 0.460. The second-order valence-corrected chi connectivity index (χ2v) is 7.90. The first-order valence-electron chi connectivity index (χ1n) is 7.99. The molecule has 2 aliphatic heterocycles. The van der Waals surface area contributed by atoms with Crippen molar-refractivity contribution >= 4 is 21.1 Å². The van der Waals surface area contributed by atoms with E-state index in [4.69, 9.17) is 10.5 Å². The molecule has 2 saturated heterocycles. The highest BCUT2D eigenvalue weighted by atomic mass is 31.0. The number of nitrogens with two attached hydrogens (primary N) is 1. The maximum absolute atomic E-state index is 13.4. The van der Waals surface area contributed by atoms with Crippen molar-refractivity contribution in [3.05, 3.63) is 35.7 Å². The van der Waals surface area contributed by atoms with Gasteiger partial charge in [0.05, 0.1) is 17.6 Å². The summed E-state index contributed by atoms with van der Waals surface area (Å²) in [6.45, 7) is 7.44. The highest BCUT2D eigenvalue weighted by Crippen LogP contribution is 2.36. The molecule has 0 saturated carbocycles. The van der Waals surface area contributed by atoms with E-state index in [1.165, 1.54) is 6.92 Å². The topological polar surface area (TPSA) is 62.9 Å². The zero-order chi connectivity index (χ0) is 17.4. The number of halogens is 1. The van der Waals surface area contributed by atoms with Crippen LogP contribution < -0.4 is 15.8 Å². The van der Waals surface area contributed by atoms with Gasteiger partial charge in [0.25, 0.3) is 5.60 Å². The lowest BCUT2D eigenvalue weighted by molar-refractivity contribution is -0.0124. The molecule has 0 amide bonds. The first-order chi connectivity index (χ1) is 11.3. The van der Waals surface area contributed by atoms with Gasteiger partial charge < -0.3 is 20.7 Å². The van der Waals surface area contributed by atoms with Crippen LogP contribution >= 0.6 is 9.24 Å². The van der Waals surface area contributed by atoms with Gasteiger partial charge in [0, 0.05) is 44.2 Å². The number of aliphatic imine (C=N–C) groups is 1. The molecule has 2 unspecified atom stereocenters. The molecule has 1 spiro atoms. The predicted molar refractivity (Wildman–Crippen MR) is 98.2 cm³/mol. The number of allylic oxidation sites excluding steroid dienone is 2. The summed E-state index contributed by atoms with van der Waals surface area (Å²) >= 11 is 0. The van der Waals surface area contributed by atoms with E-state index in [2.05, 4.69) is 15.2 Å². The molecule has 0 aliphatic carbocycles. The molecule has 1 aromatic rings. The Bertz CT molecular complexity index is 650. The molecule has 1 aromatic carbocycles. The average molecular weight is 350 g/mol. The number of ether oxygens (including phenoxy) is 1. The summed E-state index contributed by atoms with van der Waals surface area (Å²) in [4.78, 5) is 6.75. The Balaban J connectivity index is 1.64. The first kappa shape index (κ1) is 17.2. The molecule has 24 heavy (non-hydrogen) atoms. The second kappa shape index (κ2) is 6.34. The summed E-state index contributed by atoms with van der Waals surface area (Å²) in [6.07, 6.45) is 1.80. The number of nitrogens with one attached hydrogen (secondary N) is 1. The molecule has 0 radical (unpaired) electrons. The van der Waals surface area contributed by atoms with E-state index in [0.29, 0.717) is 11.2 Å². The zero-order valence-electron chi connectivity index (χ0n) is 14.1. The van der Waals surface area contributed by atoms with E-state index in [1.54, 1.807) is 30.5 Å². The number of hydrogen-bond donors (Lipinski definition) is 2. The number of rotatable bonds is 5. The highest BCUT2D eigenvalue weighted by Gasteiger charge is 2.48. The zero-order valence-corrected chi connectivity index (χ0v) is 15.2. The number of likely N-dealkylation sites (tertiary alicyclic amines) is 1. The van der Waals surface area contributed by atoms with Gasteiger partial charge in [-0.15, -0.1) is 0 Å². The van der Waals surface area contributed by atoms with Crippen LogP contribution in [0.2, 0.25) is 0 Å². The minimum Gasteiger partial charge on any atom is -0.455 e. The number of nitrogens with zero attached hydrogens (tertiary/aromatic N) is 2. The maximum Gasteiger partial charge on any atom is 0.256 e. The summed E-state index contributed by atoms with van der Waals surface area (Å²) < 4.78 is 18.6. The van der Waals surface area contributed by atoms with Gasteiger partial charge in [-0.3, -0.25) is 4.99 Å². The molecule has 3 N–H and O–H groups in total. The smallest absolute Gasteiger partial charge is 0.256 e. The highest BCUT2D eigenvalue weighted by molar-refractivity contribution is 7.18. The van der Waals surface area contributed by atoms with Gasteiger partial charge in [-0.2, -0.15) is 4.39 Å². The molecule has 2 aliphatic rings. The lowest BCUT2D eigenvalue weighted by Gasteiger charge is -2.57. The molecular weight excluding hydrogens is 326 g/mol. The second-order valence-electron chi connectivity index (χ2n) is 6.87. The normalized spacial score (nSPS) is 22.6. The van der Waals surface area contributed by atoms with Crippen molar-refractivity contribution < 1.29 is 9.13 Å². The molecule has 3 rings (SSSR count). The van der Waals surface area contributed by atoms with Crippen LogP contribution in [-0.4, -0.2) is 42.9 Å². The van der Waals surface area contributed by atoms with Crippen LogP contribution in [0.25, 0.3) is 0 Å². The summed E-state index contributed by atoms with van der Waals surface area (Å²) in [5, 5.41) is 3.32. The van der Waals surface area contributed by atoms with Crippen LogP contribution in [0.4, 0.5) is 10.1 Å². The molecule has 7 heteroatoms. The van der Waals surface area contributed by atoms with Crippen LogP contribution in [-0.2, 0) is 0 Å². The van der Waals surface area contributed by atoms with Gasteiger partial charge in [0.15, 0.2) is 0 Å². The standard InChI is InChI=1S/C17H24FN4OP/c1-12(19)15(22-10-17(11-22)8-20-9-17)7-21-13-3-5-14(6-4-13)23-16(2,18)24/h3-7,20H,8-11,19,24H2,1-2H3/b15-12+,21-7?. The first-order valence-corrected chi connectivity index (χ1v) is 8.57. The Morgan fingerprint density at radius 3 is 2.50 bits per heavy atom. The summed E-state index contributed by atoms with van der Waals surface area (Å²) in [7, 11) is 2.01. The van der Waals surface area contributed by atoms with Gasteiger partial charge in [-0.1, -0.05) is 9.24 Å². The molecule has 2 fully saturated rings. The minimum atomic E-state index is -1.78. The van der Waals surface area contributed by atoms with Crippen LogP contribution in [0.3, 0.4) is 0 Å². The van der Waals surface area contributed by atoms with E-state index in [0.717, 1.165) is 43.3 Å². The Labute approximate surface area is 144 Å². The van der Waals surface area contributed by atoms with Crippen molar-refractivity contribution in [1.82, 2.24) is 10.2 Å². The molecule has 0 aromatic heterocycles. The number of benzene rings is 1. The largest absolute Gasteiger partial charge is 0.455 e. The van der Waals surface area contributed by atoms with E-state index < -0.39 is 5.60 Å². The summed E-state index contributed by atoms with van der Waals surface area (Å²) in [6, 6.07) is 6.98. The lowest BCUT2D eigenvalue weighted by atomic mass is 9.74. The van der Waals surface area contributed by atoms with Crippen molar-refractivity contribution in [3.63, 3.8) is 0 Å². The average Bonchev–Trinajstić information content (AvgIpc) is 2.38. The van der Waals surface area contributed by atoms with Gasteiger partial charge in [-0.05, 0) is 31.2 Å². The van der Waals surface area contributed by atoms with E-state index in [1.807, 2.05) is 16.2 Å². The summed E-state index contributed by atoms with van der Waals surface area (Å²) in [5.41, 5.74) is 7.18. The SMILES string of the molecule is C/C(N)=C(/C=Nc1ccc(OC(C)(F)P)cc1)N1CC2(CNC2)C1. The fraction of sp³-hybridized carbons (Fsp3) is 0.471. The van der Waals surface area contributed by atoms with E-state index in [-0.39, 0.29) is 0 Å². The van der Waals surface area contributed by atoms with Crippen LogP contribution in [0.5, 0.6) is 5.75 Å². The van der Waals surface area contributed by atoms with Crippen LogP contribution in [0.1, 0.15) is 13.8 Å². The minimum absolute atomic E-state index is 0.435. The Morgan fingerprint density at radius 1 is 1.42 bits per heavy atom. The fourth-order valence-corrected chi connectivity index (χ4v) is 3.17. The van der Waals surface area contributed by atoms with E-state index >= 15 is 0 Å². The van der Waals surface area contributed by atoms with Crippen LogP contribution in [0.15, 0.2) is 40.7 Å². The molecule has 2 atom stereocenters. The van der Waals surface area contributed by atoms with Crippen molar-refractivity contribution in [2.45, 2.75) is 19.4 Å². The molecule has 2 heterocycles. The maximum atomic E-state index is 13.4. The Hall–Kier alpha value is -1.65. The Kier molecular flexibility index (Phi) is 4.54. The van der Waals surface area contributed by atoms with Crippen molar-refractivity contribution in [3.8, 4) is 5.75 Å². The third kappa shape index (κ3) is 3.87. The fourth-order valence-electron chi connectivity index (χ4n) is 3.04. The van der Waals surface area contributed by atoms with Crippen LogP contribution in [0, 0.1) is 5.41 Å². The monoisotopic (exact) mass is 350 g/mol. The molecule has 0 bridgehead atoms. The lowest BCUT2D eigenvalue weighted by Crippen LogP contribution is -2.70. The molecule has 5 nitrogen and oxygen atoms in total. The van der Waals surface area contributed by atoms with Crippen molar-refractivity contribution in [2.24, 2.45) is 16.1 Å². The van der Waals surface area contributed by atoms with Gasteiger partial charge in [0.2, 0.25) is 0 Å². The molecule has 130 valence electrons. The van der Waals surface area contributed by atoms with Crippen molar-refractivity contribution in [1.29, 1.82) is 0 Å². The predicted octanol–water partition coefficient (Wildman–Crippen LogP) is 2.38. The van der Waals surface area contributed by atoms with Crippen molar-refractivity contribution in [2.75, 3.05) is 26.2 Å². The third-order valence-electron chi connectivity index (χ3n) is 4.29. The third-order valence-corrected chi connectivity index (χ3v) is 4.41. The van der Waals surface area contributed by atoms with Gasteiger partial charge >= 0.3 is 0 Å². The molecular formula is C17H24FN4OP. The number of alkyl halides is 1. The van der Waals surface area contributed by atoms with E-state index in [9.17, 15) is 4.39 Å². The van der Waals surface area contributed by atoms with Gasteiger partial charge in [-0.25, -0.2) is 0 Å². The quantitative estimate of drug-likeness (QED) is 0.632. The Morgan fingerprint density at radius 2 is 2.04 bits per heavy atom. The van der Waals surface area contributed by atoms with Gasteiger partial charge in [0.1, 0.15) is 5.75 Å².